The van der Waals surface area contributed by atoms with Gasteiger partial charge in [0, 0.05) is 23.7 Å². The van der Waals surface area contributed by atoms with Crippen molar-refractivity contribution in [1.82, 2.24) is 35.4 Å². The summed E-state index contributed by atoms with van der Waals surface area (Å²) in [5.41, 5.74) is 2.97. The van der Waals surface area contributed by atoms with Crippen molar-refractivity contribution in [3.63, 3.8) is 0 Å². The van der Waals surface area contributed by atoms with Crippen LogP contribution in [0.4, 0.5) is 4.39 Å². The number of carbonyl (C=O) groups excluding carboxylic acids is 1. The third-order valence-corrected chi connectivity index (χ3v) is 5.69. The van der Waals surface area contributed by atoms with Crippen LogP contribution >= 0.6 is 0 Å². The van der Waals surface area contributed by atoms with Crippen molar-refractivity contribution in [1.29, 1.82) is 0 Å². The average Bonchev–Trinajstić information content (AvgIpc) is 3.26. The number of amides is 1. The van der Waals surface area contributed by atoms with E-state index in [1.54, 1.807) is 18.5 Å². The summed E-state index contributed by atoms with van der Waals surface area (Å²) in [6, 6.07) is 4.66. The second-order valence-corrected chi connectivity index (χ2v) is 9.41. The molecule has 0 aliphatic carbocycles. The van der Waals surface area contributed by atoms with Crippen LogP contribution in [0.2, 0.25) is 0 Å². The van der Waals surface area contributed by atoms with Gasteiger partial charge in [-0.2, -0.15) is 5.10 Å². The van der Waals surface area contributed by atoms with Crippen molar-refractivity contribution in [3.8, 4) is 11.4 Å². The summed E-state index contributed by atoms with van der Waals surface area (Å²) < 4.78 is 15.9. The largest absolute Gasteiger partial charge is 0.347 e. The highest BCUT2D eigenvalue weighted by atomic mass is 19.1. The number of halogens is 1. The van der Waals surface area contributed by atoms with Crippen LogP contribution in [0.25, 0.3) is 33.5 Å². The van der Waals surface area contributed by atoms with E-state index >= 15 is 0 Å². The molecule has 1 aliphatic heterocycles. The van der Waals surface area contributed by atoms with Crippen LogP contribution in [0, 0.1) is 11.7 Å². The van der Waals surface area contributed by atoms with Crippen molar-refractivity contribution in [2.75, 3.05) is 13.1 Å². The molecule has 0 atom stereocenters. The molecule has 0 unspecified atom stereocenters. The van der Waals surface area contributed by atoms with Crippen LogP contribution < -0.4 is 10.6 Å². The molecule has 1 fully saturated rings. The van der Waals surface area contributed by atoms with E-state index in [9.17, 15) is 9.18 Å². The number of hydrogen-bond donors (Lipinski definition) is 3. The minimum absolute atomic E-state index is 0.221. The molecule has 5 rings (SSSR count). The van der Waals surface area contributed by atoms with Gasteiger partial charge >= 0.3 is 0 Å². The highest BCUT2D eigenvalue weighted by Crippen LogP contribution is 2.29. The van der Waals surface area contributed by atoms with Crippen LogP contribution in [0.1, 0.15) is 37.6 Å². The second kappa shape index (κ2) is 7.67. The lowest BCUT2D eigenvalue weighted by molar-refractivity contribution is 0.0921. The third kappa shape index (κ3) is 3.84. The average molecular weight is 436 g/mol. The van der Waals surface area contributed by atoms with E-state index in [0.717, 1.165) is 30.4 Å². The molecule has 3 N–H and O–H groups in total. The molecule has 1 aliphatic rings. The summed E-state index contributed by atoms with van der Waals surface area (Å²) in [5.74, 6) is 0.0942. The fraction of sp³-hybridized carbons (Fsp3) is 0.391. The van der Waals surface area contributed by atoms with Gasteiger partial charge in [0.25, 0.3) is 5.91 Å². The highest BCUT2D eigenvalue weighted by molar-refractivity contribution is 6.05. The van der Waals surface area contributed by atoms with Gasteiger partial charge in [0.2, 0.25) is 0 Å². The van der Waals surface area contributed by atoms with Crippen molar-refractivity contribution < 1.29 is 9.18 Å². The molecule has 32 heavy (non-hydrogen) atoms. The zero-order valence-electron chi connectivity index (χ0n) is 18.4. The Hall–Kier alpha value is -3.33. The van der Waals surface area contributed by atoms with Gasteiger partial charge in [-0.3, -0.25) is 9.48 Å². The number of nitrogens with one attached hydrogen (secondary N) is 3. The Kier molecular flexibility index (Phi) is 4.93. The van der Waals surface area contributed by atoms with E-state index in [1.807, 2.05) is 25.5 Å². The molecule has 0 radical (unpaired) electrons. The van der Waals surface area contributed by atoms with Gasteiger partial charge in [0.05, 0.1) is 17.3 Å². The van der Waals surface area contributed by atoms with Crippen molar-refractivity contribution in [2.45, 2.75) is 39.3 Å². The molecule has 9 heteroatoms. The maximum Gasteiger partial charge on any atom is 0.255 e. The van der Waals surface area contributed by atoms with Gasteiger partial charge < -0.3 is 15.6 Å². The van der Waals surface area contributed by atoms with Gasteiger partial charge in [-0.05, 0) is 64.4 Å². The summed E-state index contributed by atoms with van der Waals surface area (Å²) in [5, 5.41) is 11.8. The topological polar surface area (TPSA) is 101 Å². The number of hydrogen-bond acceptors (Lipinski definition) is 5. The van der Waals surface area contributed by atoms with Crippen molar-refractivity contribution in [3.05, 3.63) is 42.0 Å². The first-order valence-corrected chi connectivity index (χ1v) is 10.8. The zero-order valence-corrected chi connectivity index (χ0v) is 18.4. The maximum absolute atomic E-state index is 14.0. The third-order valence-electron chi connectivity index (χ3n) is 5.69. The molecular weight excluding hydrogens is 409 g/mol. The first-order valence-electron chi connectivity index (χ1n) is 10.8. The van der Waals surface area contributed by atoms with Gasteiger partial charge in [-0.1, -0.05) is 0 Å². The predicted octanol–water partition coefficient (Wildman–Crippen LogP) is 3.25. The number of H-pyrrole nitrogens is 1. The molecule has 4 heterocycles. The Morgan fingerprint density at radius 2 is 2.12 bits per heavy atom. The number of fused-ring (bicyclic) bond motifs is 2. The smallest absolute Gasteiger partial charge is 0.255 e. The summed E-state index contributed by atoms with van der Waals surface area (Å²) in [7, 11) is 0. The fourth-order valence-electron chi connectivity index (χ4n) is 3.95. The number of carbonyl (C=O) groups is 1. The van der Waals surface area contributed by atoms with E-state index in [1.165, 1.54) is 12.1 Å². The fourth-order valence-corrected chi connectivity index (χ4v) is 3.95. The Labute approximate surface area is 184 Å². The first-order chi connectivity index (χ1) is 15.3. The second-order valence-electron chi connectivity index (χ2n) is 9.41. The van der Waals surface area contributed by atoms with E-state index < -0.39 is 0 Å². The molecule has 3 aromatic heterocycles. The van der Waals surface area contributed by atoms with Crippen LogP contribution in [0.15, 0.2) is 30.6 Å². The van der Waals surface area contributed by atoms with E-state index in [-0.39, 0.29) is 17.3 Å². The number of aromatic amines is 1. The van der Waals surface area contributed by atoms with E-state index in [4.69, 9.17) is 10.1 Å². The summed E-state index contributed by atoms with van der Waals surface area (Å²) >= 11 is 0. The highest BCUT2D eigenvalue weighted by Gasteiger charge is 2.22. The zero-order chi connectivity index (χ0) is 22.5. The number of benzene rings is 1. The van der Waals surface area contributed by atoms with Gasteiger partial charge in [0.1, 0.15) is 22.7 Å². The lowest BCUT2D eigenvalue weighted by atomic mass is 10.00. The quantitative estimate of drug-likeness (QED) is 0.447. The van der Waals surface area contributed by atoms with Gasteiger partial charge in [0.15, 0.2) is 5.65 Å². The number of aromatic nitrogens is 5. The molecule has 4 aromatic rings. The normalized spacial score (nSPS) is 14.8. The van der Waals surface area contributed by atoms with Crippen LogP contribution in [0.5, 0.6) is 0 Å². The van der Waals surface area contributed by atoms with Gasteiger partial charge in [-0.25, -0.2) is 14.4 Å². The Balaban J connectivity index is 1.56. The molecule has 1 saturated heterocycles. The monoisotopic (exact) mass is 435 g/mol. The Morgan fingerprint density at radius 1 is 1.31 bits per heavy atom. The molecule has 0 bridgehead atoms. The molecule has 0 saturated carbocycles. The van der Waals surface area contributed by atoms with Crippen molar-refractivity contribution in [2.24, 2.45) is 5.92 Å². The summed E-state index contributed by atoms with van der Waals surface area (Å²) in [4.78, 5) is 25.0. The Bertz CT molecular complexity index is 1310. The molecule has 1 aromatic carbocycles. The predicted molar refractivity (Wildman–Crippen MR) is 121 cm³/mol. The molecule has 166 valence electrons. The number of nitrogens with zero attached hydrogens (tertiary/aromatic N) is 4. The van der Waals surface area contributed by atoms with Crippen molar-refractivity contribution >= 4 is 28.0 Å². The van der Waals surface area contributed by atoms with E-state index in [0.29, 0.717) is 40.6 Å². The first kappa shape index (κ1) is 20.6. The lowest BCUT2D eigenvalue weighted by Gasteiger charge is -2.26. The van der Waals surface area contributed by atoms with Crippen LogP contribution in [-0.4, -0.2) is 49.3 Å². The number of rotatable bonds is 5. The minimum atomic E-state index is -0.374. The number of aryl methyl sites for hydroxylation is 1. The van der Waals surface area contributed by atoms with Crippen LogP contribution in [-0.2, 0) is 6.54 Å². The Morgan fingerprint density at radius 3 is 2.84 bits per heavy atom. The molecule has 0 spiro atoms. The summed E-state index contributed by atoms with van der Waals surface area (Å²) in [6.07, 6.45) is 4.23. The summed E-state index contributed by atoms with van der Waals surface area (Å²) in [6.45, 7) is 8.49. The molecule has 1 amide bonds. The lowest BCUT2D eigenvalue weighted by Crippen LogP contribution is -2.42. The van der Waals surface area contributed by atoms with Gasteiger partial charge in [-0.15, -0.1) is 0 Å². The van der Waals surface area contributed by atoms with E-state index in [2.05, 4.69) is 20.6 Å². The molecule has 8 nitrogen and oxygen atoms in total. The maximum atomic E-state index is 14.0. The van der Waals surface area contributed by atoms with Crippen LogP contribution in [0.3, 0.4) is 0 Å². The SMILES string of the molecule is CC(C)(C)NC(=O)c1c[nH]c2ncc(-c3nn(CCC4CNC4)c4cc(F)ccc34)nc12. The standard InChI is InChI=1S/C23H26FN7O/c1-23(2,3)29-22(32)16-11-26-21-20(16)28-17(12-27-21)19-15-5-4-14(24)8-18(15)31(30-19)7-6-13-9-25-10-13/h4-5,8,11-13,25H,6-7,9-10H2,1-3H3,(H,26,27)(H,29,32). The molecular formula is C23H26FN7O. The minimum Gasteiger partial charge on any atom is -0.347 e.